The number of benzene rings is 1. The third kappa shape index (κ3) is 2.75. The SMILES string of the molecule is O=C(O)C(Nc1nnnn1-c1ccccc1)c1cccs1. The molecule has 2 aromatic heterocycles. The number of rotatable bonds is 5. The molecule has 0 bridgehead atoms. The Morgan fingerprint density at radius 2 is 2.05 bits per heavy atom. The molecule has 1 atom stereocenters. The molecule has 0 saturated carbocycles. The van der Waals surface area contributed by atoms with Crippen molar-refractivity contribution in [2.75, 3.05) is 5.32 Å². The van der Waals surface area contributed by atoms with Gasteiger partial charge in [-0.2, -0.15) is 4.68 Å². The molecule has 1 aromatic carbocycles. The molecule has 0 aliphatic carbocycles. The van der Waals surface area contributed by atoms with Gasteiger partial charge < -0.3 is 10.4 Å². The summed E-state index contributed by atoms with van der Waals surface area (Å²) in [6.07, 6.45) is 0. The summed E-state index contributed by atoms with van der Waals surface area (Å²) in [5.41, 5.74) is 0.750. The number of carboxylic acid groups (broad SMARTS) is 1. The highest BCUT2D eigenvalue weighted by atomic mass is 32.1. The number of nitrogens with one attached hydrogen (secondary N) is 1. The molecule has 8 heteroatoms. The Morgan fingerprint density at radius 3 is 2.71 bits per heavy atom. The number of para-hydroxylation sites is 1. The summed E-state index contributed by atoms with van der Waals surface area (Å²) < 4.78 is 1.46. The van der Waals surface area contributed by atoms with Gasteiger partial charge in [-0.1, -0.05) is 29.4 Å². The van der Waals surface area contributed by atoms with Crippen LogP contribution in [0.5, 0.6) is 0 Å². The highest BCUT2D eigenvalue weighted by molar-refractivity contribution is 7.10. The molecule has 0 fully saturated rings. The maximum absolute atomic E-state index is 11.4. The van der Waals surface area contributed by atoms with Gasteiger partial charge in [0.05, 0.1) is 5.69 Å². The fourth-order valence-corrected chi connectivity index (χ4v) is 2.63. The number of thiophene rings is 1. The first-order valence-electron chi connectivity index (χ1n) is 6.12. The van der Waals surface area contributed by atoms with E-state index >= 15 is 0 Å². The Kier molecular flexibility index (Phi) is 3.61. The van der Waals surface area contributed by atoms with Crippen molar-refractivity contribution in [2.24, 2.45) is 0 Å². The standard InChI is InChI=1S/C13H11N5O2S/c19-12(20)11(10-7-4-8-21-10)14-13-15-16-17-18(13)9-5-2-1-3-6-9/h1-8,11H,(H,19,20)(H,14,15,17). The molecule has 2 N–H and O–H groups in total. The van der Waals surface area contributed by atoms with Crippen LogP contribution in [-0.2, 0) is 4.79 Å². The molecule has 0 saturated heterocycles. The molecule has 0 amide bonds. The van der Waals surface area contributed by atoms with Gasteiger partial charge in [0.15, 0.2) is 6.04 Å². The maximum Gasteiger partial charge on any atom is 0.331 e. The molecule has 7 nitrogen and oxygen atoms in total. The molecule has 0 spiro atoms. The van der Waals surface area contributed by atoms with Gasteiger partial charge in [-0.05, 0) is 34.0 Å². The van der Waals surface area contributed by atoms with Crippen LogP contribution >= 0.6 is 11.3 Å². The van der Waals surface area contributed by atoms with E-state index in [9.17, 15) is 9.90 Å². The van der Waals surface area contributed by atoms with E-state index in [4.69, 9.17) is 0 Å². The first-order chi connectivity index (χ1) is 10.3. The van der Waals surface area contributed by atoms with E-state index in [-0.39, 0.29) is 5.95 Å². The fourth-order valence-electron chi connectivity index (χ4n) is 1.86. The smallest absolute Gasteiger partial charge is 0.331 e. The second-order valence-corrected chi connectivity index (χ2v) is 5.16. The molecule has 21 heavy (non-hydrogen) atoms. The predicted molar refractivity (Wildman–Crippen MR) is 77.5 cm³/mol. The van der Waals surface area contributed by atoms with E-state index in [1.807, 2.05) is 35.7 Å². The molecule has 3 rings (SSSR count). The quantitative estimate of drug-likeness (QED) is 0.748. The van der Waals surface area contributed by atoms with Crippen LogP contribution in [0.4, 0.5) is 5.95 Å². The maximum atomic E-state index is 11.4. The summed E-state index contributed by atoms with van der Waals surface area (Å²) in [4.78, 5) is 12.1. The van der Waals surface area contributed by atoms with Gasteiger partial charge >= 0.3 is 5.97 Å². The normalized spacial score (nSPS) is 12.0. The van der Waals surface area contributed by atoms with Crippen molar-refractivity contribution in [2.45, 2.75) is 6.04 Å². The second kappa shape index (κ2) is 5.71. The van der Waals surface area contributed by atoms with Crippen molar-refractivity contribution in [3.05, 3.63) is 52.7 Å². The van der Waals surface area contributed by atoms with Crippen LogP contribution in [0.2, 0.25) is 0 Å². The minimum absolute atomic E-state index is 0.280. The first kappa shape index (κ1) is 13.3. The summed E-state index contributed by atoms with van der Waals surface area (Å²) in [7, 11) is 0. The summed E-state index contributed by atoms with van der Waals surface area (Å²) in [5, 5.41) is 25.4. The molecule has 0 aliphatic heterocycles. The molecular weight excluding hydrogens is 290 g/mol. The van der Waals surface area contributed by atoms with E-state index < -0.39 is 12.0 Å². The Hall–Kier alpha value is -2.74. The lowest BCUT2D eigenvalue weighted by Gasteiger charge is -2.13. The monoisotopic (exact) mass is 301 g/mol. The number of hydrogen-bond acceptors (Lipinski definition) is 6. The zero-order valence-corrected chi connectivity index (χ0v) is 11.6. The highest BCUT2D eigenvalue weighted by Gasteiger charge is 2.23. The van der Waals surface area contributed by atoms with Gasteiger partial charge in [-0.25, -0.2) is 4.79 Å². The number of aromatic nitrogens is 4. The number of carbonyl (C=O) groups is 1. The third-order valence-electron chi connectivity index (χ3n) is 2.82. The van der Waals surface area contributed by atoms with Crippen LogP contribution in [0.3, 0.4) is 0 Å². The average molecular weight is 301 g/mol. The molecule has 2 heterocycles. The number of tetrazole rings is 1. The Bertz CT molecular complexity index is 726. The number of carboxylic acids is 1. The van der Waals surface area contributed by atoms with Crippen LogP contribution < -0.4 is 5.32 Å². The topological polar surface area (TPSA) is 92.9 Å². The second-order valence-electron chi connectivity index (χ2n) is 4.18. The summed E-state index contributed by atoms with van der Waals surface area (Å²) >= 11 is 1.36. The largest absolute Gasteiger partial charge is 0.479 e. The average Bonchev–Trinajstić information content (AvgIpc) is 3.17. The summed E-state index contributed by atoms with van der Waals surface area (Å²) in [5.74, 6) is -0.706. The van der Waals surface area contributed by atoms with Crippen LogP contribution in [-0.4, -0.2) is 31.3 Å². The van der Waals surface area contributed by atoms with Crippen LogP contribution in [0.1, 0.15) is 10.9 Å². The molecule has 106 valence electrons. The minimum atomic E-state index is -0.986. The van der Waals surface area contributed by atoms with Crippen LogP contribution in [0.15, 0.2) is 47.8 Å². The first-order valence-corrected chi connectivity index (χ1v) is 7.00. The van der Waals surface area contributed by atoms with E-state index in [1.54, 1.807) is 12.1 Å². The lowest BCUT2D eigenvalue weighted by atomic mass is 10.2. The van der Waals surface area contributed by atoms with Crippen molar-refractivity contribution in [1.29, 1.82) is 0 Å². The van der Waals surface area contributed by atoms with Gasteiger partial charge in [0, 0.05) is 4.88 Å². The van der Waals surface area contributed by atoms with Crippen LogP contribution in [0.25, 0.3) is 5.69 Å². The van der Waals surface area contributed by atoms with Gasteiger partial charge in [-0.3, -0.25) is 0 Å². The van der Waals surface area contributed by atoms with Gasteiger partial charge in [0.2, 0.25) is 5.95 Å². The van der Waals surface area contributed by atoms with E-state index in [2.05, 4.69) is 20.8 Å². The number of anilines is 1. The zero-order valence-electron chi connectivity index (χ0n) is 10.7. The van der Waals surface area contributed by atoms with Crippen molar-refractivity contribution in [3.8, 4) is 5.69 Å². The number of hydrogen-bond donors (Lipinski definition) is 2. The molecule has 0 aliphatic rings. The number of aliphatic carboxylic acids is 1. The lowest BCUT2D eigenvalue weighted by molar-refractivity contribution is -0.138. The fraction of sp³-hybridized carbons (Fsp3) is 0.0769. The Balaban J connectivity index is 1.92. The van der Waals surface area contributed by atoms with Crippen molar-refractivity contribution >= 4 is 23.3 Å². The summed E-state index contributed by atoms with van der Waals surface area (Å²) in [6.45, 7) is 0. The van der Waals surface area contributed by atoms with Crippen molar-refractivity contribution < 1.29 is 9.90 Å². The Morgan fingerprint density at radius 1 is 1.24 bits per heavy atom. The van der Waals surface area contributed by atoms with Crippen molar-refractivity contribution in [3.63, 3.8) is 0 Å². The predicted octanol–water partition coefficient (Wildman–Crippen LogP) is 1.96. The van der Waals surface area contributed by atoms with Gasteiger partial charge in [-0.15, -0.1) is 11.3 Å². The van der Waals surface area contributed by atoms with E-state index in [0.29, 0.717) is 4.88 Å². The third-order valence-corrected chi connectivity index (χ3v) is 3.76. The lowest BCUT2D eigenvalue weighted by Crippen LogP contribution is -2.21. The minimum Gasteiger partial charge on any atom is -0.479 e. The molecule has 0 radical (unpaired) electrons. The van der Waals surface area contributed by atoms with Crippen molar-refractivity contribution in [1.82, 2.24) is 20.2 Å². The molecule has 1 unspecified atom stereocenters. The molecule has 3 aromatic rings. The summed E-state index contributed by atoms with van der Waals surface area (Å²) in [6, 6.07) is 11.9. The van der Waals surface area contributed by atoms with Crippen LogP contribution in [0, 0.1) is 0 Å². The highest BCUT2D eigenvalue weighted by Crippen LogP contribution is 2.23. The Labute approximate surface area is 123 Å². The van der Waals surface area contributed by atoms with Gasteiger partial charge in [0.1, 0.15) is 0 Å². The van der Waals surface area contributed by atoms with E-state index in [0.717, 1.165) is 5.69 Å². The number of nitrogens with zero attached hydrogens (tertiary/aromatic N) is 4. The van der Waals surface area contributed by atoms with Gasteiger partial charge in [0.25, 0.3) is 0 Å². The van der Waals surface area contributed by atoms with E-state index in [1.165, 1.54) is 16.0 Å². The zero-order chi connectivity index (χ0) is 14.7. The molecular formula is C13H11N5O2S.